The van der Waals surface area contributed by atoms with Gasteiger partial charge in [0.25, 0.3) is 0 Å². The van der Waals surface area contributed by atoms with Crippen LogP contribution in [0, 0.1) is 0 Å². The van der Waals surface area contributed by atoms with Crippen molar-refractivity contribution in [2.75, 3.05) is 13.2 Å². The Morgan fingerprint density at radius 2 is 2.17 bits per heavy atom. The van der Waals surface area contributed by atoms with Crippen molar-refractivity contribution in [3.8, 4) is 0 Å². The number of thiophene rings is 1. The Morgan fingerprint density at radius 1 is 1.39 bits per heavy atom. The summed E-state index contributed by atoms with van der Waals surface area (Å²) in [6.07, 6.45) is 7.04. The van der Waals surface area contributed by atoms with Crippen LogP contribution < -0.4 is 5.32 Å². The zero-order valence-corrected chi connectivity index (χ0v) is 13.5. The summed E-state index contributed by atoms with van der Waals surface area (Å²) < 4.78 is 7.67. The standard InChI is InChI=1S/C13H19BrClNOS/c14-12-8-11(18-13(12)15)9-16-6-7-17-10-4-2-1-3-5-10/h8,10,16H,1-7,9H2. The normalized spacial score (nSPS) is 17.2. The molecule has 1 fully saturated rings. The fraction of sp³-hybridized carbons (Fsp3) is 0.692. The quantitative estimate of drug-likeness (QED) is 0.755. The summed E-state index contributed by atoms with van der Waals surface area (Å²) in [5.41, 5.74) is 0. The molecule has 2 rings (SSSR count). The minimum absolute atomic E-state index is 0.505. The first-order chi connectivity index (χ1) is 8.75. The van der Waals surface area contributed by atoms with Crippen LogP contribution in [0.4, 0.5) is 0 Å². The lowest BCUT2D eigenvalue weighted by atomic mass is 9.98. The van der Waals surface area contributed by atoms with Gasteiger partial charge in [-0.25, -0.2) is 0 Å². The molecule has 0 radical (unpaired) electrons. The van der Waals surface area contributed by atoms with Gasteiger partial charge in [-0.3, -0.25) is 0 Å². The molecule has 1 aromatic heterocycles. The maximum Gasteiger partial charge on any atom is 0.107 e. The Morgan fingerprint density at radius 3 is 2.83 bits per heavy atom. The zero-order valence-electron chi connectivity index (χ0n) is 10.4. The maximum atomic E-state index is 5.99. The van der Waals surface area contributed by atoms with E-state index in [0.29, 0.717) is 6.10 Å². The van der Waals surface area contributed by atoms with E-state index in [9.17, 15) is 0 Å². The Kier molecular flexibility index (Phi) is 6.45. The van der Waals surface area contributed by atoms with Crippen LogP contribution in [-0.2, 0) is 11.3 Å². The predicted molar refractivity (Wildman–Crippen MR) is 81.6 cm³/mol. The molecule has 1 aliphatic carbocycles. The van der Waals surface area contributed by atoms with Crippen LogP contribution in [0.25, 0.3) is 0 Å². The number of nitrogens with one attached hydrogen (secondary N) is 1. The molecule has 0 bridgehead atoms. The lowest BCUT2D eigenvalue weighted by Gasteiger charge is -2.21. The molecule has 1 N–H and O–H groups in total. The van der Waals surface area contributed by atoms with E-state index >= 15 is 0 Å². The van der Waals surface area contributed by atoms with Gasteiger partial charge in [0.1, 0.15) is 4.34 Å². The summed E-state index contributed by atoms with van der Waals surface area (Å²) in [6.45, 7) is 2.58. The topological polar surface area (TPSA) is 21.3 Å². The van der Waals surface area contributed by atoms with E-state index in [1.54, 1.807) is 11.3 Å². The SMILES string of the molecule is Clc1sc(CNCCOC2CCCCC2)cc1Br. The predicted octanol–water partition coefficient (Wildman–Crippen LogP) is 4.60. The van der Waals surface area contributed by atoms with Crippen molar-refractivity contribution < 1.29 is 4.74 Å². The van der Waals surface area contributed by atoms with E-state index in [-0.39, 0.29) is 0 Å². The average Bonchev–Trinajstić information content (AvgIpc) is 2.70. The minimum atomic E-state index is 0.505. The number of halogens is 2. The summed E-state index contributed by atoms with van der Waals surface area (Å²) in [7, 11) is 0. The highest BCUT2D eigenvalue weighted by Gasteiger charge is 2.12. The van der Waals surface area contributed by atoms with Gasteiger partial charge in [0.15, 0.2) is 0 Å². The first-order valence-electron chi connectivity index (χ1n) is 6.52. The van der Waals surface area contributed by atoms with Crippen molar-refractivity contribution in [1.29, 1.82) is 0 Å². The molecule has 5 heteroatoms. The summed E-state index contributed by atoms with van der Waals surface area (Å²) in [5, 5.41) is 3.39. The number of ether oxygens (including phenoxy) is 1. The van der Waals surface area contributed by atoms with Crippen molar-refractivity contribution >= 4 is 38.9 Å². The molecule has 0 aliphatic heterocycles. The van der Waals surface area contributed by atoms with Crippen molar-refractivity contribution in [2.24, 2.45) is 0 Å². The van der Waals surface area contributed by atoms with Crippen LogP contribution in [0.1, 0.15) is 37.0 Å². The molecule has 1 aromatic rings. The number of rotatable bonds is 6. The third kappa shape index (κ3) is 4.82. The molecule has 102 valence electrons. The smallest absolute Gasteiger partial charge is 0.107 e. The van der Waals surface area contributed by atoms with Crippen LogP contribution in [0.3, 0.4) is 0 Å². The molecule has 1 aliphatic rings. The second-order valence-corrected chi connectivity index (χ2v) is 7.24. The summed E-state index contributed by atoms with van der Waals surface area (Å²) in [4.78, 5) is 1.25. The Bertz CT molecular complexity index is 346. The third-order valence-corrected chi connectivity index (χ3v) is 5.65. The molecule has 1 saturated carbocycles. The highest BCUT2D eigenvalue weighted by molar-refractivity contribution is 9.10. The van der Waals surface area contributed by atoms with Gasteiger partial charge in [0, 0.05) is 22.4 Å². The summed E-state index contributed by atoms with van der Waals surface area (Å²) in [6, 6.07) is 2.07. The Hall–Kier alpha value is 0.390. The maximum absolute atomic E-state index is 5.99. The molecule has 0 aromatic carbocycles. The summed E-state index contributed by atoms with van der Waals surface area (Å²) in [5.74, 6) is 0. The van der Waals surface area contributed by atoms with Crippen LogP contribution in [0.5, 0.6) is 0 Å². The molecule has 18 heavy (non-hydrogen) atoms. The van der Waals surface area contributed by atoms with Crippen molar-refractivity contribution in [3.05, 3.63) is 19.8 Å². The highest BCUT2D eigenvalue weighted by Crippen LogP contribution is 2.31. The van der Waals surface area contributed by atoms with Gasteiger partial charge in [-0.05, 0) is 34.8 Å². The van der Waals surface area contributed by atoms with E-state index in [0.717, 1.165) is 28.5 Å². The third-order valence-electron chi connectivity index (χ3n) is 3.18. The number of hydrogen-bond donors (Lipinski definition) is 1. The lowest BCUT2D eigenvalue weighted by Crippen LogP contribution is -2.24. The van der Waals surface area contributed by atoms with E-state index in [1.165, 1.54) is 37.0 Å². The van der Waals surface area contributed by atoms with Crippen LogP contribution >= 0.6 is 38.9 Å². The van der Waals surface area contributed by atoms with Gasteiger partial charge in [-0.15, -0.1) is 11.3 Å². The van der Waals surface area contributed by atoms with Gasteiger partial charge < -0.3 is 10.1 Å². The first kappa shape index (κ1) is 14.8. The van der Waals surface area contributed by atoms with E-state index in [2.05, 4.69) is 27.3 Å². The molecule has 0 atom stereocenters. The molecular weight excluding hydrogens is 334 g/mol. The second-order valence-electron chi connectivity index (χ2n) is 4.64. The molecule has 0 amide bonds. The summed E-state index contributed by atoms with van der Waals surface area (Å²) >= 11 is 11.0. The Labute approximate surface area is 126 Å². The molecule has 2 nitrogen and oxygen atoms in total. The fourth-order valence-electron chi connectivity index (χ4n) is 2.22. The van der Waals surface area contributed by atoms with Crippen molar-refractivity contribution in [2.45, 2.75) is 44.8 Å². The molecular formula is C13H19BrClNOS. The van der Waals surface area contributed by atoms with E-state index in [4.69, 9.17) is 16.3 Å². The molecule has 0 spiro atoms. The van der Waals surface area contributed by atoms with E-state index in [1.807, 2.05) is 0 Å². The van der Waals surface area contributed by atoms with Gasteiger partial charge in [0.2, 0.25) is 0 Å². The van der Waals surface area contributed by atoms with Crippen molar-refractivity contribution in [1.82, 2.24) is 5.32 Å². The Balaban J connectivity index is 1.55. The van der Waals surface area contributed by atoms with E-state index < -0.39 is 0 Å². The molecule has 0 unspecified atom stereocenters. The zero-order chi connectivity index (χ0) is 12.8. The van der Waals surface area contributed by atoms with Gasteiger partial charge >= 0.3 is 0 Å². The minimum Gasteiger partial charge on any atom is -0.377 e. The van der Waals surface area contributed by atoms with Crippen molar-refractivity contribution in [3.63, 3.8) is 0 Å². The highest BCUT2D eigenvalue weighted by atomic mass is 79.9. The van der Waals surface area contributed by atoms with Gasteiger partial charge in [-0.2, -0.15) is 0 Å². The fourth-order valence-corrected chi connectivity index (χ4v) is 3.98. The second kappa shape index (κ2) is 7.85. The largest absolute Gasteiger partial charge is 0.377 e. The van der Waals surface area contributed by atoms with Gasteiger partial charge in [-0.1, -0.05) is 30.9 Å². The number of hydrogen-bond acceptors (Lipinski definition) is 3. The molecule has 1 heterocycles. The first-order valence-corrected chi connectivity index (χ1v) is 8.50. The van der Waals surface area contributed by atoms with Crippen LogP contribution in [0.15, 0.2) is 10.5 Å². The lowest BCUT2D eigenvalue weighted by molar-refractivity contribution is 0.0302. The average molecular weight is 353 g/mol. The monoisotopic (exact) mass is 351 g/mol. The van der Waals surface area contributed by atoms with Crippen LogP contribution in [0.2, 0.25) is 4.34 Å². The van der Waals surface area contributed by atoms with Crippen LogP contribution in [-0.4, -0.2) is 19.3 Å². The van der Waals surface area contributed by atoms with Gasteiger partial charge in [0.05, 0.1) is 12.7 Å². The molecule has 0 saturated heterocycles.